The highest BCUT2D eigenvalue weighted by molar-refractivity contribution is 7.09. The number of aliphatic hydroxyl groups excluding tert-OH is 1. The van der Waals surface area contributed by atoms with Crippen molar-refractivity contribution in [1.29, 1.82) is 0 Å². The van der Waals surface area contributed by atoms with E-state index < -0.39 is 66.2 Å². The number of benzene rings is 1. The topological polar surface area (TPSA) is 188 Å². The molecule has 0 saturated heterocycles. The van der Waals surface area contributed by atoms with Gasteiger partial charge in [0.05, 0.1) is 29.1 Å². The smallest absolute Gasteiger partial charge is 0.255 e. The van der Waals surface area contributed by atoms with E-state index in [2.05, 4.69) is 31.6 Å². The minimum Gasteiger partial charge on any atom is -0.491 e. The Morgan fingerprint density at radius 1 is 1.07 bits per heavy atom. The fraction of sp³-hybridized carbons (Fsp3) is 0.533. The molecular weight excluding hydrogens is 588 g/mol. The van der Waals surface area contributed by atoms with Gasteiger partial charge in [0, 0.05) is 24.0 Å². The number of ether oxygens (including phenoxy) is 1. The number of carbonyl (C=O) groups is 5. The average Bonchev–Trinajstić information content (AvgIpc) is 3.39. The third-order valence-electron chi connectivity index (χ3n) is 6.88. The summed E-state index contributed by atoms with van der Waals surface area (Å²) in [4.78, 5) is 70.4. The highest BCUT2D eigenvalue weighted by atomic mass is 32.1. The molecule has 0 bridgehead atoms. The molecule has 1 aromatic heterocycles. The Morgan fingerprint density at radius 3 is 2.43 bits per heavy atom. The SMILES string of the molecule is Cc1csc(CCCNC(=O)[C@@H]2CC(=O)N[C@@H]([C@@H](C)O)C(=O)N[C@H](C(C)C)C(=O)N[C@@H](C)COc3ccccc3C(=O)N2)n1. The molecule has 6 N–H and O–H groups in total. The maximum Gasteiger partial charge on any atom is 0.255 e. The molecule has 0 unspecified atom stereocenters. The standard InChI is InChI=1S/C30H42N6O7S/c1-16(2)25-29(41)33-17(3)14-43-22-10-7-6-9-20(22)27(39)34-21(13-23(38)35-26(19(5)37)30(42)36-25)28(40)31-12-8-11-24-32-18(4)15-44-24/h6-7,9-10,15-17,19,21,25-26,37H,8,11-14H2,1-5H3,(H,31,40)(H,33,41)(H,34,39)(H,35,38)(H,36,42)/t17-,19+,21-,25+,26-/m0/s1. The van der Waals surface area contributed by atoms with Crippen molar-refractivity contribution in [1.82, 2.24) is 31.6 Å². The molecule has 2 aromatic rings. The predicted molar refractivity (Wildman–Crippen MR) is 164 cm³/mol. The molecule has 1 aromatic carbocycles. The maximum atomic E-state index is 13.4. The van der Waals surface area contributed by atoms with Crippen molar-refractivity contribution in [2.24, 2.45) is 5.92 Å². The number of amides is 5. The first-order valence-corrected chi connectivity index (χ1v) is 15.5. The molecule has 0 aliphatic carbocycles. The first-order valence-electron chi connectivity index (χ1n) is 14.6. The zero-order chi connectivity index (χ0) is 32.4. The number of nitrogens with one attached hydrogen (secondary N) is 5. The minimum atomic E-state index is -1.42. The number of para-hydroxylation sites is 1. The lowest BCUT2D eigenvalue weighted by Gasteiger charge is -2.27. The van der Waals surface area contributed by atoms with Crippen LogP contribution in [0.3, 0.4) is 0 Å². The Hall–Kier alpha value is -4.04. The van der Waals surface area contributed by atoms with Crippen molar-refractivity contribution in [3.63, 3.8) is 0 Å². The van der Waals surface area contributed by atoms with Gasteiger partial charge in [0.15, 0.2) is 0 Å². The molecule has 3 rings (SSSR count). The van der Waals surface area contributed by atoms with E-state index in [1.54, 1.807) is 39.0 Å². The summed E-state index contributed by atoms with van der Waals surface area (Å²) in [7, 11) is 0. The Labute approximate surface area is 260 Å². The largest absolute Gasteiger partial charge is 0.491 e. The number of carbonyl (C=O) groups excluding carboxylic acids is 5. The Bertz CT molecular complexity index is 1330. The lowest BCUT2D eigenvalue weighted by Crippen LogP contribution is -2.59. The van der Waals surface area contributed by atoms with Crippen molar-refractivity contribution in [2.45, 2.75) is 84.2 Å². The van der Waals surface area contributed by atoms with Gasteiger partial charge in [-0.05, 0) is 45.2 Å². The molecule has 0 fully saturated rings. The summed E-state index contributed by atoms with van der Waals surface area (Å²) < 4.78 is 5.87. The van der Waals surface area contributed by atoms with Gasteiger partial charge in [-0.3, -0.25) is 24.0 Å². The second kappa shape index (κ2) is 16.1. The molecule has 1 aliphatic heterocycles. The summed E-state index contributed by atoms with van der Waals surface area (Å²) in [6.07, 6.45) is -0.602. The summed E-state index contributed by atoms with van der Waals surface area (Å²) in [5.41, 5.74) is 1.06. The molecule has 5 amide bonds. The van der Waals surface area contributed by atoms with Crippen molar-refractivity contribution in [2.75, 3.05) is 13.2 Å². The normalized spacial score (nSPS) is 22.8. The maximum absolute atomic E-state index is 13.4. The van der Waals surface area contributed by atoms with Gasteiger partial charge in [0.25, 0.3) is 5.91 Å². The Kier molecular flexibility index (Phi) is 12.6. The van der Waals surface area contributed by atoms with Crippen molar-refractivity contribution in [3.8, 4) is 5.75 Å². The van der Waals surface area contributed by atoms with Crippen LogP contribution in [-0.4, -0.2) is 83.0 Å². The number of nitrogens with zero attached hydrogens (tertiary/aromatic N) is 1. The average molecular weight is 631 g/mol. The van der Waals surface area contributed by atoms with E-state index >= 15 is 0 Å². The molecule has 5 atom stereocenters. The third-order valence-corrected chi connectivity index (χ3v) is 7.91. The van der Waals surface area contributed by atoms with E-state index in [1.165, 1.54) is 24.3 Å². The van der Waals surface area contributed by atoms with Gasteiger partial charge in [-0.25, -0.2) is 4.98 Å². The van der Waals surface area contributed by atoms with Crippen LogP contribution in [0.4, 0.5) is 0 Å². The number of thiazole rings is 1. The lowest BCUT2D eigenvalue weighted by atomic mass is 10.0. The molecule has 13 nitrogen and oxygen atoms in total. The van der Waals surface area contributed by atoms with Gasteiger partial charge in [0.2, 0.25) is 23.6 Å². The van der Waals surface area contributed by atoms with Crippen LogP contribution in [-0.2, 0) is 25.6 Å². The van der Waals surface area contributed by atoms with Crippen LogP contribution in [0, 0.1) is 12.8 Å². The molecule has 44 heavy (non-hydrogen) atoms. The number of hydrogen-bond donors (Lipinski definition) is 6. The molecule has 240 valence electrons. The van der Waals surface area contributed by atoms with Crippen molar-refractivity contribution < 1.29 is 33.8 Å². The number of hydrogen-bond acceptors (Lipinski definition) is 9. The highest BCUT2D eigenvalue weighted by Gasteiger charge is 2.33. The fourth-order valence-electron chi connectivity index (χ4n) is 4.51. The van der Waals surface area contributed by atoms with Crippen molar-refractivity contribution >= 4 is 40.9 Å². The molecule has 0 radical (unpaired) electrons. The number of aromatic nitrogens is 1. The van der Waals surface area contributed by atoms with E-state index in [-0.39, 0.29) is 30.4 Å². The molecule has 0 spiro atoms. The Balaban J connectivity index is 1.86. The second-order valence-electron chi connectivity index (χ2n) is 11.2. The van der Waals surface area contributed by atoms with Crippen molar-refractivity contribution in [3.05, 3.63) is 45.9 Å². The van der Waals surface area contributed by atoms with Gasteiger partial charge in [-0.1, -0.05) is 26.0 Å². The van der Waals surface area contributed by atoms with E-state index in [1.807, 2.05) is 12.3 Å². The van der Waals surface area contributed by atoms with Crippen LogP contribution >= 0.6 is 11.3 Å². The predicted octanol–water partition coefficient (Wildman–Crippen LogP) is 0.593. The van der Waals surface area contributed by atoms with Crippen LogP contribution in [0.2, 0.25) is 0 Å². The molecule has 14 heteroatoms. The zero-order valence-corrected chi connectivity index (χ0v) is 26.5. The molecule has 1 aliphatic rings. The summed E-state index contributed by atoms with van der Waals surface area (Å²) in [5, 5.41) is 26.5. The summed E-state index contributed by atoms with van der Waals surface area (Å²) >= 11 is 1.53. The fourth-order valence-corrected chi connectivity index (χ4v) is 5.33. The van der Waals surface area contributed by atoms with Gasteiger partial charge >= 0.3 is 0 Å². The van der Waals surface area contributed by atoms with Crippen LogP contribution in [0.15, 0.2) is 29.6 Å². The number of aliphatic hydroxyl groups is 1. The van der Waals surface area contributed by atoms with Gasteiger partial charge < -0.3 is 36.4 Å². The third kappa shape index (κ3) is 10.0. The quantitative estimate of drug-likeness (QED) is 0.240. The monoisotopic (exact) mass is 630 g/mol. The summed E-state index contributed by atoms with van der Waals surface area (Å²) in [5.74, 6) is -3.37. The lowest BCUT2D eigenvalue weighted by molar-refractivity contribution is -0.135. The van der Waals surface area contributed by atoms with Crippen LogP contribution in [0.5, 0.6) is 5.75 Å². The van der Waals surface area contributed by atoms with E-state index in [4.69, 9.17) is 4.74 Å². The summed E-state index contributed by atoms with van der Waals surface area (Å²) in [6, 6.07) is 2.21. The first-order chi connectivity index (χ1) is 20.8. The van der Waals surface area contributed by atoms with Gasteiger partial charge in [-0.2, -0.15) is 0 Å². The molecule has 0 saturated carbocycles. The van der Waals surface area contributed by atoms with Gasteiger partial charge in [0.1, 0.15) is 30.5 Å². The number of fused-ring (bicyclic) bond motifs is 1. The van der Waals surface area contributed by atoms with E-state index in [0.717, 1.165) is 10.7 Å². The van der Waals surface area contributed by atoms with Crippen LogP contribution in [0.25, 0.3) is 0 Å². The molecule has 2 heterocycles. The van der Waals surface area contributed by atoms with E-state index in [9.17, 15) is 29.1 Å². The number of aryl methyl sites for hydroxylation is 2. The first kappa shape index (κ1) is 34.5. The zero-order valence-electron chi connectivity index (χ0n) is 25.6. The highest BCUT2D eigenvalue weighted by Crippen LogP contribution is 2.19. The summed E-state index contributed by atoms with van der Waals surface area (Å²) in [6.45, 7) is 8.72. The number of rotatable bonds is 7. The molecular formula is C30H42N6O7S. The van der Waals surface area contributed by atoms with Crippen LogP contribution in [0.1, 0.15) is 61.6 Å². The van der Waals surface area contributed by atoms with Gasteiger partial charge in [-0.15, -0.1) is 11.3 Å². The van der Waals surface area contributed by atoms with E-state index in [0.29, 0.717) is 12.8 Å². The van der Waals surface area contributed by atoms with Crippen LogP contribution < -0.4 is 31.3 Å². The Morgan fingerprint density at radius 2 is 1.77 bits per heavy atom. The minimum absolute atomic E-state index is 0.00761. The second-order valence-corrected chi connectivity index (χ2v) is 12.2.